The van der Waals surface area contributed by atoms with Crippen LogP contribution in [0.25, 0.3) is 0 Å². The normalized spacial score (nSPS) is 9.81. The van der Waals surface area contributed by atoms with Crippen molar-refractivity contribution in [3.63, 3.8) is 0 Å². The average Bonchev–Trinajstić information content (AvgIpc) is 2.51. The maximum atomic E-state index is 5.67. The van der Waals surface area contributed by atoms with Crippen LogP contribution in [0.15, 0.2) is 41.7 Å². The van der Waals surface area contributed by atoms with Crippen LogP contribution in [0.5, 0.6) is 5.75 Å². The Morgan fingerprint density at radius 3 is 2.76 bits per heavy atom. The van der Waals surface area contributed by atoms with Crippen molar-refractivity contribution in [1.29, 1.82) is 0 Å². The van der Waals surface area contributed by atoms with Gasteiger partial charge in [-0.05, 0) is 37.3 Å². The zero-order valence-corrected chi connectivity index (χ0v) is 12.7. The molecule has 2 rings (SSSR count). The first-order chi connectivity index (χ1) is 10.3. The Morgan fingerprint density at radius 1 is 1.24 bits per heavy atom. The zero-order chi connectivity index (χ0) is 14.9. The molecule has 0 saturated heterocycles. The third-order valence-corrected chi connectivity index (χ3v) is 3.37. The van der Waals surface area contributed by atoms with Crippen molar-refractivity contribution < 1.29 is 4.74 Å². The molecule has 0 radical (unpaired) electrons. The number of ether oxygens (including phenoxy) is 1. The minimum atomic E-state index is 0.372. The van der Waals surface area contributed by atoms with Crippen molar-refractivity contribution in [3.8, 4) is 17.6 Å². The minimum Gasteiger partial charge on any atom is -0.493 e. The third kappa shape index (κ3) is 5.46. The molecule has 0 unspecified atom stereocenters. The van der Waals surface area contributed by atoms with Crippen molar-refractivity contribution in [2.24, 2.45) is 5.73 Å². The summed E-state index contributed by atoms with van der Waals surface area (Å²) in [4.78, 5) is 8.52. The Bertz CT molecular complexity index is 632. The summed E-state index contributed by atoms with van der Waals surface area (Å²) in [5.41, 5.74) is 7.25. The van der Waals surface area contributed by atoms with Gasteiger partial charge in [-0.3, -0.25) is 0 Å². The molecule has 1 aromatic carbocycles. The van der Waals surface area contributed by atoms with Gasteiger partial charge in [0, 0.05) is 23.2 Å². The number of hydrogen-bond acceptors (Lipinski definition) is 5. The Balaban J connectivity index is 1.76. The highest BCUT2D eigenvalue weighted by molar-refractivity contribution is 7.99. The van der Waals surface area contributed by atoms with Crippen molar-refractivity contribution in [2.45, 2.75) is 12.1 Å². The topological polar surface area (TPSA) is 61.0 Å². The van der Waals surface area contributed by atoms with Gasteiger partial charge >= 0.3 is 0 Å². The highest BCUT2D eigenvalue weighted by Gasteiger charge is 1.99. The van der Waals surface area contributed by atoms with Gasteiger partial charge in [0.2, 0.25) is 0 Å². The molecule has 1 aromatic heterocycles. The molecule has 0 fully saturated rings. The number of nitrogens with two attached hydrogens (primary N) is 1. The number of hydrogen-bond donors (Lipinski definition) is 1. The van der Waals surface area contributed by atoms with E-state index in [4.69, 9.17) is 10.5 Å². The predicted molar refractivity (Wildman–Crippen MR) is 85.4 cm³/mol. The molecule has 0 aliphatic heterocycles. The smallest absolute Gasteiger partial charge is 0.187 e. The quantitative estimate of drug-likeness (QED) is 0.397. The van der Waals surface area contributed by atoms with Crippen molar-refractivity contribution in [1.82, 2.24) is 9.97 Å². The standard InChI is InChI=1S/C16H17N3OS/c1-13-8-10-18-16(19-13)21-12-11-20-15-6-4-14(5-7-15)3-2-9-17/h4-8,10H,9,11-12,17H2,1H3. The van der Waals surface area contributed by atoms with Gasteiger partial charge in [-0.15, -0.1) is 0 Å². The molecule has 2 N–H and O–H groups in total. The molecular weight excluding hydrogens is 282 g/mol. The lowest BCUT2D eigenvalue weighted by molar-refractivity contribution is 0.344. The largest absolute Gasteiger partial charge is 0.493 e. The van der Waals surface area contributed by atoms with Gasteiger partial charge in [0.1, 0.15) is 5.75 Å². The van der Waals surface area contributed by atoms with Crippen molar-refractivity contribution in [3.05, 3.63) is 47.8 Å². The van der Waals surface area contributed by atoms with Crippen LogP contribution in [-0.4, -0.2) is 28.9 Å². The van der Waals surface area contributed by atoms with Crippen molar-refractivity contribution in [2.75, 3.05) is 18.9 Å². The van der Waals surface area contributed by atoms with E-state index < -0.39 is 0 Å². The monoisotopic (exact) mass is 299 g/mol. The van der Waals surface area contributed by atoms with E-state index in [1.165, 1.54) is 0 Å². The summed E-state index contributed by atoms with van der Waals surface area (Å²) in [5.74, 6) is 7.43. The zero-order valence-electron chi connectivity index (χ0n) is 11.9. The minimum absolute atomic E-state index is 0.372. The first-order valence-corrected chi connectivity index (χ1v) is 7.61. The lowest BCUT2D eigenvalue weighted by Crippen LogP contribution is -2.01. The van der Waals surface area contributed by atoms with Crippen LogP contribution in [0.4, 0.5) is 0 Å². The molecule has 0 aliphatic carbocycles. The fourth-order valence-corrected chi connectivity index (χ4v) is 2.27. The highest BCUT2D eigenvalue weighted by Crippen LogP contribution is 2.15. The second-order valence-corrected chi connectivity index (χ2v) is 5.27. The van der Waals surface area contributed by atoms with E-state index in [1.807, 2.05) is 37.3 Å². The summed E-state index contributed by atoms with van der Waals surface area (Å²) in [5, 5.41) is 0.783. The number of aromatic nitrogens is 2. The lowest BCUT2D eigenvalue weighted by atomic mass is 10.2. The van der Waals surface area contributed by atoms with Crippen LogP contribution in [-0.2, 0) is 0 Å². The van der Waals surface area contributed by atoms with Crippen LogP contribution >= 0.6 is 11.8 Å². The van der Waals surface area contributed by atoms with Gasteiger partial charge in [-0.2, -0.15) is 0 Å². The second-order valence-electron chi connectivity index (χ2n) is 4.21. The second kappa shape index (κ2) is 8.30. The number of rotatable bonds is 5. The van der Waals surface area contributed by atoms with E-state index >= 15 is 0 Å². The lowest BCUT2D eigenvalue weighted by Gasteiger charge is -2.05. The Labute approximate surface area is 129 Å². The Morgan fingerprint density at radius 2 is 2.05 bits per heavy atom. The van der Waals surface area contributed by atoms with E-state index in [-0.39, 0.29) is 0 Å². The Kier molecular flexibility index (Phi) is 6.07. The predicted octanol–water partition coefficient (Wildman–Crippen LogP) is 2.27. The molecule has 0 saturated carbocycles. The Hall–Kier alpha value is -2.03. The molecule has 0 amide bonds. The molecule has 0 bridgehead atoms. The summed E-state index contributed by atoms with van der Waals surface area (Å²) in [6.45, 7) is 2.93. The van der Waals surface area contributed by atoms with Gasteiger partial charge in [0.25, 0.3) is 0 Å². The van der Waals surface area contributed by atoms with Crippen LogP contribution in [0.2, 0.25) is 0 Å². The van der Waals surface area contributed by atoms with Gasteiger partial charge in [0.15, 0.2) is 5.16 Å². The molecular formula is C16H17N3OS. The number of thioether (sulfide) groups is 1. The van der Waals surface area contributed by atoms with Crippen LogP contribution in [0.3, 0.4) is 0 Å². The summed E-state index contributed by atoms with van der Waals surface area (Å²) in [6.07, 6.45) is 1.77. The SMILES string of the molecule is Cc1ccnc(SCCOc2ccc(C#CCN)cc2)n1. The summed E-state index contributed by atoms with van der Waals surface area (Å²) in [7, 11) is 0. The summed E-state index contributed by atoms with van der Waals surface area (Å²) >= 11 is 1.58. The van der Waals surface area contributed by atoms with Gasteiger partial charge in [-0.25, -0.2) is 9.97 Å². The number of nitrogens with zero attached hydrogens (tertiary/aromatic N) is 2. The first-order valence-electron chi connectivity index (χ1n) is 6.62. The molecule has 0 spiro atoms. The molecule has 4 nitrogen and oxygen atoms in total. The van der Waals surface area contributed by atoms with Gasteiger partial charge < -0.3 is 10.5 Å². The number of aryl methyl sites for hydroxylation is 1. The maximum absolute atomic E-state index is 5.67. The van der Waals surface area contributed by atoms with E-state index in [1.54, 1.807) is 18.0 Å². The fraction of sp³-hybridized carbons (Fsp3) is 0.250. The van der Waals surface area contributed by atoms with E-state index in [0.29, 0.717) is 13.2 Å². The van der Waals surface area contributed by atoms with E-state index in [0.717, 1.165) is 27.9 Å². The molecule has 2 aromatic rings. The highest BCUT2D eigenvalue weighted by atomic mass is 32.2. The number of benzene rings is 1. The van der Waals surface area contributed by atoms with Gasteiger partial charge in [-0.1, -0.05) is 23.6 Å². The van der Waals surface area contributed by atoms with Crippen LogP contribution in [0, 0.1) is 18.8 Å². The van der Waals surface area contributed by atoms with Crippen LogP contribution in [0.1, 0.15) is 11.3 Å². The average molecular weight is 299 g/mol. The van der Waals surface area contributed by atoms with Gasteiger partial charge in [0.05, 0.1) is 13.2 Å². The molecule has 5 heteroatoms. The summed E-state index contributed by atoms with van der Waals surface area (Å²) in [6, 6.07) is 9.56. The third-order valence-electron chi connectivity index (χ3n) is 2.55. The van der Waals surface area contributed by atoms with E-state index in [9.17, 15) is 0 Å². The molecule has 0 aliphatic rings. The van der Waals surface area contributed by atoms with Crippen molar-refractivity contribution >= 4 is 11.8 Å². The van der Waals surface area contributed by atoms with E-state index in [2.05, 4.69) is 21.8 Å². The molecule has 1 heterocycles. The molecule has 108 valence electrons. The maximum Gasteiger partial charge on any atom is 0.187 e. The fourth-order valence-electron chi connectivity index (χ4n) is 1.58. The first kappa shape index (κ1) is 15.4. The van der Waals surface area contributed by atoms with Crippen LogP contribution < -0.4 is 10.5 Å². The molecule has 21 heavy (non-hydrogen) atoms. The summed E-state index contributed by atoms with van der Waals surface area (Å²) < 4.78 is 5.67. The molecule has 0 atom stereocenters.